The summed E-state index contributed by atoms with van der Waals surface area (Å²) in [7, 11) is 0. The molecule has 8 nitrogen and oxygen atoms in total. The van der Waals surface area contributed by atoms with Gasteiger partial charge in [-0.05, 0) is 71.4 Å². The van der Waals surface area contributed by atoms with Crippen molar-refractivity contribution >= 4 is 45.1 Å². The van der Waals surface area contributed by atoms with Crippen molar-refractivity contribution in [1.82, 2.24) is 4.98 Å². The van der Waals surface area contributed by atoms with Crippen LogP contribution in [0.3, 0.4) is 0 Å². The Labute approximate surface area is 218 Å². The molecule has 37 heavy (non-hydrogen) atoms. The molecule has 0 fully saturated rings. The Morgan fingerprint density at radius 3 is 2.27 bits per heavy atom. The number of ether oxygens (including phenoxy) is 2. The zero-order chi connectivity index (χ0) is 26.9. The Balaban J connectivity index is 1.79. The molecular weight excluding hydrogens is 492 g/mol. The fourth-order valence-corrected chi connectivity index (χ4v) is 4.89. The molecule has 0 bridgehead atoms. The topological polar surface area (TPSA) is 108 Å². The molecule has 0 saturated heterocycles. The molecule has 4 aromatic rings. The minimum atomic E-state index is -0.631. The van der Waals surface area contributed by atoms with Crippen LogP contribution in [0.25, 0.3) is 22.4 Å². The molecule has 0 unspecified atom stereocenters. The van der Waals surface area contributed by atoms with E-state index in [1.807, 2.05) is 31.2 Å². The van der Waals surface area contributed by atoms with Crippen molar-refractivity contribution in [1.29, 1.82) is 0 Å². The predicted molar refractivity (Wildman–Crippen MR) is 142 cm³/mol. The fourth-order valence-electron chi connectivity index (χ4n) is 3.81. The second kappa shape index (κ2) is 10.6. The number of carbonyl (C=O) groups is 3. The molecule has 0 aliphatic rings. The average Bonchev–Trinajstić information content (AvgIpc) is 3.40. The highest BCUT2D eigenvalue weighted by Gasteiger charge is 2.29. The molecule has 4 rings (SSSR count). The third-order valence-corrected chi connectivity index (χ3v) is 6.59. The van der Waals surface area contributed by atoms with E-state index in [9.17, 15) is 14.4 Å². The first-order valence-corrected chi connectivity index (χ1v) is 12.7. The third-order valence-electron chi connectivity index (χ3n) is 5.40. The van der Waals surface area contributed by atoms with E-state index in [-0.39, 0.29) is 27.6 Å². The quantitative estimate of drug-likeness (QED) is 0.275. The number of thiophene rings is 1. The largest absolute Gasteiger partial charge is 0.460 e. The van der Waals surface area contributed by atoms with Crippen LogP contribution in [-0.4, -0.2) is 35.0 Å². The van der Waals surface area contributed by atoms with Gasteiger partial charge in [0, 0.05) is 5.39 Å². The molecule has 9 heteroatoms. The highest BCUT2D eigenvalue weighted by atomic mass is 32.1. The number of esters is 2. The molecular formula is C28H28N2O6S. The number of para-hydroxylation sites is 1. The number of rotatable bonds is 7. The van der Waals surface area contributed by atoms with Gasteiger partial charge < -0.3 is 19.2 Å². The monoisotopic (exact) mass is 520 g/mol. The molecule has 0 spiro atoms. The van der Waals surface area contributed by atoms with E-state index in [2.05, 4.69) is 10.3 Å². The smallest absolute Gasteiger partial charge is 0.348 e. The molecule has 0 aliphatic carbocycles. The number of furan rings is 1. The van der Waals surface area contributed by atoms with Crippen molar-refractivity contribution in [3.63, 3.8) is 0 Å². The Bertz CT molecular complexity index is 1500. The minimum absolute atomic E-state index is 0.128. The van der Waals surface area contributed by atoms with E-state index >= 15 is 0 Å². The fraction of sp³-hybridized carbons (Fsp3) is 0.286. The standard InChI is InChI=1S/C28H28N2O6S/c1-14(2)34-27(32)23-17(6)24(28(33)35-15(3)4)37-26(23)30-25(31)19-13-21(22-12-11-16(5)36-22)29-20-10-8-7-9-18(19)20/h7-15H,1-6H3,(H,30,31). The zero-order valence-electron chi connectivity index (χ0n) is 21.5. The molecule has 1 N–H and O–H groups in total. The number of amides is 1. The van der Waals surface area contributed by atoms with E-state index in [1.165, 1.54) is 0 Å². The molecule has 0 saturated carbocycles. The van der Waals surface area contributed by atoms with Gasteiger partial charge in [-0.2, -0.15) is 0 Å². The summed E-state index contributed by atoms with van der Waals surface area (Å²) in [5.74, 6) is -0.412. The highest BCUT2D eigenvalue weighted by Crippen LogP contribution is 2.36. The van der Waals surface area contributed by atoms with Crippen molar-refractivity contribution in [3.8, 4) is 11.5 Å². The Kier molecular flexibility index (Phi) is 7.45. The second-order valence-electron chi connectivity index (χ2n) is 9.11. The summed E-state index contributed by atoms with van der Waals surface area (Å²) in [4.78, 5) is 44.2. The van der Waals surface area contributed by atoms with Crippen LogP contribution in [0.5, 0.6) is 0 Å². The van der Waals surface area contributed by atoms with Crippen LogP contribution in [0.4, 0.5) is 5.00 Å². The molecule has 3 heterocycles. The van der Waals surface area contributed by atoms with Crippen LogP contribution in [0, 0.1) is 13.8 Å². The first-order valence-electron chi connectivity index (χ1n) is 11.9. The lowest BCUT2D eigenvalue weighted by Gasteiger charge is -2.12. The lowest BCUT2D eigenvalue weighted by atomic mass is 10.1. The number of hydrogen-bond donors (Lipinski definition) is 1. The number of aryl methyl sites for hydroxylation is 1. The van der Waals surface area contributed by atoms with Gasteiger partial charge in [-0.25, -0.2) is 14.6 Å². The van der Waals surface area contributed by atoms with E-state index in [0.29, 0.717) is 33.5 Å². The lowest BCUT2D eigenvalue weighted by molar-refractivity contribution is 0.0378. The number of hydrogen-bond acceptors (Lipinski definition) is 8. The van der Waals surface area contributed by atoms with Crippen LogP contribution in [0.2, 0.25) is 0 Å². The minimum Gasteiger partial charge on any atom is -0.460 e. The van der Waals surface area contributed by atoms with Crippen molar-refractivity contribution < 1.29 is 28.3 Å². The summed E-state index contributed by atoms with van der Waals surface area (Å²) in [6.45, 7) is 10.4. The molecule has 0 radical (unpaired) electrons. The number of anilines is 1. The Hall–Kier alpha value is -3.98. The zero-order valence-corrected chi connectivity index (χ0v) is 22.3. The number of nitrogens with one attached hydrogen (secondary N) is 1. The highest BCUT2D eigenvalue weighted by molar-refractivity contribution is 7.18. The molecule has 1 amide bonds. The van der Waals surface area contributed by atoms with Gasteiger partial charge in [0.25, 0.3) is 5.91 Å². The normalized spacial score (nSPS) is 11.2. The lowest BCUT2D eigenvalue weighted by Crippen LogP contribution is -2.17. The summed E-state index contributed by atoms with van der Waals surface area (Å²) in [6.07, 6.45) is -0.727. The van der Waals surface area contributed by atoms with E-state index < -0.39 is 17.8 Å². The van der Waals surface area contributed by atoms with Gasteiger partial charge in [0.1, 0.15) is 21.3 Å². The van der Waals surface area contributed by atoms with Gasteiger partial charge in [0.2, 0.25) is 0 Å². The van der Waals surface area contributed by atoms with Gasteiger partial charge in [0.05, 0.1) is 28.9 Å². The van der Waals surface area contributed by atoms with Crippen LogP contribution in [-0.2, 0) is 9.47 Å². The van der Waals surface area contributed by atoms with E-state index in [1.54, 1.807) is 52.8 Å². The number of pyridine rings is 1. The summed E-state index contributed by atoms with van der Waals surface area (Å²) < 4.78 is 16.5. The molecule has 192 valence electrons. The molecule has 0 aliphatic heterocycles. The summed E-state index contributed by atoms with van der Waals surface area (Å²) >= 11 is 0.982. The number of nitrogens with zero attached hydrogens (tertiary/aromatic N) is 1. The van der Waals surface area contributed by atoms with Gasteiger partial charge in [-0.1, -0.05) is 18.2 Å². The van der Waals surface area contributed by atoms with Crippen molar-refractivity contribution in [2.45, 2.75) is 53.8 Å². The van der Waals surface area contributed by atoms with Crippen LogP contribution in [0.15, 0.2) is 46.9 Å². The predicted octanol–water partition coefficient (Wildman–Crippen LogP) is 6.56. The average molecular weight is 521 g/mol. The summed E-state index contributed by atoms with van der Waals surface area (Å²) in [6, 6.07) is 12.5. The maximum absolute atomic E-state index is 13.7. The van der Waals surface area contributed by atoms with Crippen molar-refractivity contribution in [2.24, 2.45) is 0 Å². The van der Waals surface area contributed by atoms with Gasteiger partial charge >= 0.3 is 11.9 Å². The molecule has 0 atom stereocenters. The SMILES string of the molecule is Cc1ccc(-c2cc(C(=O)Nc3sc(C(=O)OC(C)C)c(C)c3C(=O)OC(C)C)c3ccccc3n2)o1. The number of aromatic nitrogens is 1. The van der Waals surface area contributed by atoms with Crippen molar-refractivity contribution in [3.05, 3.63) is 69.8 Å². The van der Waals surface area contributed by atoms with Crippen molar-refractivity contribution in [2.75, 3.05) is 5.32 Å². The molecule has 1 aromatic carbocycles. The van der Waals surface area contributed by atoms with E-state index in [0.717, 1.165) is 17.1 Å². The summed E-state index contributed by atoms with van der Waals surface area (Å²) in [5, 5.41) is 3.68. The number of benzene rings is 1. The van der Waals surface area contributed by atoms with Gasteiger partial charge in [0.15, 0.2) is 5.76 Å². The Morgan fingerprint density at radius 1 is 0.946 bits per heavy atom. The van der Waals surface area contributed by atoms with Crippen LogP contribution >= 0.6 is 11.3 Å². The van der Waals surface area contributed by atoms with Crippen LogP contribution in [0.1, 0.15) is 69.4 Å². The second-order valence-corrected chi connectivity index (χ2v) is 10.1. The molecule has 3 aromatic heterocycles. The first kappa shape index (κ1) is 26.1. The van der Waals surface area contributed by atoms with Gasteiger partial charge in [-0.3, -0.25) is 4.79 Å². The maximum atomic E-state index is 13.7. The van der Waals surface area contributed by atoms with Crippen LogP contribution < -0.4 is 5.32 Å². The maximum Gasteiger partial charge on any atom is 0.348 e. The number of carbonyl (C=O) groups excluding carboxylic acids is 3. The van der Waals surface area contributed by atoms with E-state index in [4.69, 9.17) is 13.9 Å². The van der Waals surface area contributed by atoms with Gasteiger partial charge in [-0.15, -0.1) is 11.3 Å². The third kappa shape index (κ3) is 5.56. The first-order chi connectivity index (χ1) is 17.5. The number of fused-ring (bicyclic) bond motifs is 1. The summed E-state index contributed by atoms with van der Waals surface area (Å²) in [5.41, 5.74) is 1.98. The Morgan fingerprint density at radius 2 is 1.62 bits per heavy atom.